The Morgan fingerprint density at radius 1 is 0.333 bits per heavy atom. The molecule has 1 atom stereocenters. The summed E-state index contributed by atoms with van der Waals surface area (Å²) in [6.45, 7) is 6.45. The van der Waals surface area contributed by atoms with Crippen LogP contribution < -0.4 is 0 Å². The molecule has 0 amide bonds. The average molecular weight is 921 g/mol. The van der Waals surface area contributed by atoms with E-state index in [-0.39, 0.29) is 37.5 Å². The van der Waals surface area contributed by atoms with E-state index in [9.17, 15) is 14.4 Å². The van der Waals surface area contributed by atoms with Crippen molar-refractivity contribution < 1.29 is 28.6 Å². The van der Waals surface area contributed by atoms with E-state index < -0.39 is 6.10 Å². The van der Waals surface area contributed by atoms with Crippen LogP contribution in [0, 0.1) is 0 Å². The van der Waals surface area contributed by atoms with E-state index in [4.69, 9.17) is 14.2 Å². The molecule has 0 heterocycles. The van der Waals surface area contributed by atoms with E-state index in [0.29, 0.717) is 19.3 Å². The van der Waals surface area contributed by atoms with Crippen LogP contribution in [-0.2, 0) is 28.6 Å². The summed E-state index contributed by atoms with van der Waals surface area (Å²) < 4.78 is 16.8. The highest BCUT2D eigenvalue weighted by Crippen LogP contribution is 2.15. The predicted molar refractivity (Wildman–Crippen MR) is 284 cm³/mol. The minimum atomic E-state index is -0.801. The van der Waals surface area contributed by atoms with E-state index >= 15 is 0 Å². The molecule has 6 nitrogen and oxygen atoms in total. The van der Waals surface area contributed by atoms with Crippen LogP contribution in [0.25, 0.3) is 0 Å². The molecule has 0 rings (SSSR count). The van der Waals surface area contributed by atoms with Crippen LogP contribution >= 0.6 is 0 Å². The summed E-state index contributed by atoms with van der Waals surface area (Å²) in [7, 11) is 0. The summed E-state index contributed by atoms with van der Waals surface area (Å²) in [6, 6.07) is 0. The average Bonchev–Trinajstić information content (AvgIpc) is 3.31. The minimum Gasteiger partial charge on any atom is -0.462 e. The number of hydrogen-bond acceptors (Lipinski definition) is 6. The van der Waals surface area contributed by atoms with Crippen LogP contribution in [0.5, 0.6) is 0 Å². The first kappa shape index (κ1) is 62.8. The van der Waals surface area contributed by atoms with Gasteiger partial charge in [-0.25, -0.2) is 0 Å². The summed E-state index contributed by atoms with van der Waals surface area (Å²) >= 11 is 0. The third-order valence-corrected chi connectivity index (χ3v) is 11.9. The zero-order valence-electron chi connectivity index (χ0n) is 43.4. The standard InChI is InChI=1S/C60H104O6/c1-4-7-10-13-16-19-22-24-26-28-30-32-33-35-38-41-44-47-50-53-59(62)65-56-57(55-64-58(61)52-49-46-43-40-37-21-18-15-12-9-6-3)66-60(63)54-51-48-45-42-39-36-34-31-29-27-25-23-20-17-14-11-8-5-2/h9,12,16,18-19,21-22,24,31,34,40,43,57H,4-8,10-11,13-15,17,20,23,25-30,32-33,35-39,41-42,44-56H2,1-3H3/b12-9-,19-16-,21-18-,24-22-,34-31-,43-40-. The lowest BCUT2D eigenvalue weighted by Crippen LogP contribution is -2.30. The number of rotatable bonds is 50. The molecule has 0 aliphatic heterocycles. The lowest BCUT2D eigenvalue weighted by Gasteiger charge is -2.18. The molecule has 0 N–H and O–H groups in total. The van der Waals surface area contributed by atoms with Crippen molar-refractivity contribution in [3.63, 3.8) is 0 Å². The normalized spacial score (nSPS) is 12.6. The fourth-order valence-electron chi connectivity index (χ4n) is 7.75. The van der Waals surface area contributed by atoms with Gasteiger partial charge in [-0.1, -0.05) is 229 Å². The van der Waals surface area contributed by atoms with Crippen molar-refractivity contribution in [1.29, 1.82) is 0 Å². The van der Waals surface area contributed by atoms with Crippen molar-refractivity contribution in [3.8, 4) is 0 Å². The highest BCUT2D eigenvalue weighted by Gasteiger charge is 2.19. The first-order valence-electron chi connectivity index (χ1n) is 28.0. The van der Waals surface area contributed by atoms with Gasteiger partial charge < -0.3 is 14.2 Å². The van der Waals surface area contributed by atoms with Gasteiger partial charge >= 0.3 is 17.9 Å². The summed E-state index contributed by atoms with van der Waals surface area (Å²) in [4.78, 5) is 38.0. The second-order valence-corrected chi connectivity index (χ2v) is 18.5. The molecule has 380 valence electrons. The fraction of sp³-hybridized carbons (Fsp3) is 0.750. The molecule has 0 fully saturated rings. The predicted octanol–water partition coefficient (Wildman–Crippen LogP) is 18.6. The Morgan fingerprint density at radius 3 is 1.12 bits per heavy atom. The third-order valence-electron chi connectivity index (χ3n) is 11.9. The summed E-state index contributed by atoms with van der Waals surface area (Å²) in [5.41, 5.74) is 0. The fourth-order valence-corrected chi connectivity index (χ4v) is 7.75. The van der Waals surface area contributed by atoms with Gasteiger partial charge in [0.15, 0.2) is 6.10 Å². The first-order valence-corrected chi connectivity index (χ1v) is 28.0. The van der Waals surface area contributed by atoms with Gasteiger partial charge in [0.25, 0.3) is 0 Å². The van der Waals surface area contributed by atoms with Crippen molar-refractivity contribution in [2.24, 2.45) is 0 Å². The molecule has 0 aromatic heterocycles. The summed E-state index contributed by atoms with van der Waals surface area (Å²) in [6.07, 6.45) is 69.0. The zero-order chi connectivity index (χ0) is 47.9. The molecule has 0 spiro atoms. The van der Waals surface area contributed by atoms with Crippen LogP contribution in [0.4, 0.5) is 0 Å². The highest BCUT2D eigenvalue weighted by molar-refractivity contribution is 5.71. The second kappa shape index (κ2) is 54.5. The molecule has 0 bridgehead atoms. The van der Waals surface area contributed by atoms with Gasteiger partial charge in [0.05, 0.1) is 0 Å². The van der Waals surface area contributed by atoms with Gasteiger partial charge in [-0.2, -0.15) is 0 Å². The molecule has 66 heavy (non-hydrogen) atoms. The van der Waals surface area contributed by atoms with Gasteiger partial charge in [-0.3, -0.25) is 14.4 Å². The van der Waals surface area contributed by atoms with Gasteiger partial charge in [0.2, 0.25) is 0 Å². The molecule has 0 aromatic rings. The van der Waals surface area contributed by atoms with Gasteiger partial charge in [0, 0.05) is 19.3 Å². The lowest BCUT2D eigenvalue weighted by molar-refractivity contribution is -0.167. The number of carbonyl (C=O) groups excluding carboxylic acids is 3. The SMILES string of the molecule is CC/C=C\C/C=C\C/C=C\CCCC(=O)OCC(COC(=O)CCCCCCCCCCCC/C=C\C=C/CCCCC)OC(=O)CCCCCCC/C=C\CCCCCCCCCCC. The van der Waals surface area contributed by atoms with Gasteiger partial charge in [-0.15, -0.1) is 0 Å². The smallest absolute Gasteiger partial charge is 0.306 e. The Morgan fingerprint density at radius 2 is 0.652 bits per heavy atom. The molecule has 0 aromatic carbocycles. The Balaban J connectivity index is 4.37. The minimum absolute atomic E-state index is 0.0958. The van der Waals surface area contributed by atoms with E-state index in [1.807, 2.05) is 0 Å². The van der Waals surface area contributed by atoms with Gasteiger partial charge in [-0.05, 0) is 96.3 Å². The molecule has 6 heteroatoms. The highest BCUT2D eigenvalue weighted by atomic mass is 16.6. The Hall–Kier alpha value is -3.15. The topological polar surface area (TPSA) is 78.9 Å². The maximum atomic E-state index is 12.8. The number of esters is 3. The first-order chi connectivity index (χ1) is 32.5. The molecular formula is C60H104O6. The van der Waals surface area contributed by atoms with Crippen LogP contribution in [-0.4, -0.2) is 37.2 Å². The molecule has 0 saturated heterocycles. The number of hydrogen-bond donors (Lipinski definition) is 0. The van der Waals surface area contributed by atoms with Crippen molar-refractivity contribution >= 4 is 17.9 Å². The number of allylic oxidation sites excluding steroid dienone is 12. The Kier molecular flexibility index (Phi) is 51.9. The molecule has 0 radical (unpaired) electrons. The van der Waals surface area contributed by atoms with Gasteiger partial charge in [0.1, 0.15) is 13.2 Å². The monoisotopic (exact) mass is 921 g/mol. The Bertz CT molecular complexity index is 1240. The zero-order valence-corrected chi connectivity index (χ0v) is 43.4. The molecule has 0 aliphatic carbocycles. The van der Waals surface area contributed by atoms with Crippen molar-refractivity contribution in [1.82, 2.24) is 0 Å². The second-order valence-electron chi connectivity index (χ2n) is 18.5. The van der Waals surface area contributed by atoms with E-state index in [0.717, 1.165) is 77.0 Å². The van der Waals surface area contributed by atoms with Crippen molar-refractivity contribution in [2.45, 2.75) is 277 Å². The maximum Gasteiger partial charge on any atom is 0.306 e. The van der Waals surface area contributed by atoms with E-state index in [1.54, 1.807) is 0 Å². The largest absolute Gasteiger partial charge is 0.462 e. The number of unbranched alkanes of at least 4 members (excludes halogenated alkanes) is 28. The molecular weight excluding hydrogens is 817 g/mol. The third kappa shape index (κ3) is 51.8. The van der Waals surface area contributed by atoms with Crippen molar-refractivity contribution in [2.75, 3.05) is 13.2 Å². The Labute approximate surface area is 408 Å². The molecule has 0 aliphatic rings. The van der Waals surface area contributed by atoms with E-state index in [1.165, 1.54) is 148 Å². The summed E-state index contributed by atoms with van der Waals surface area (Å²) in [5, 5.41) is 0. The summed E-state index contributed by atoms with van der Waals surface area (Å²) in [5.74, 6) is -0.959. The van der Waals surface area contributed by atoms with Crippen molar-refractivity contribution in [3.05, 3.63) is 72.9 Å². The molecule has 0 saturated carbocycles. The van der Waals surface area contributed by atoms with Crippen LogP contribution in [0.2, 0.25) is 0 Å². The maximum absolute atomic E-state index is 12.8. The van der Waals surface area contributed by atoms with Crippen LogP contribution in [0.15, 0.2) is 72.9 Å². The number of ether oxygens (including phenoxy) is 3. The van der Waals surface area contributed by atoms with E-state index in [2.05, 4.69) is 93.7 Å². The number of carbonyl (C=O) groups is 3. The lowest BCUT2D eigenvalue weighted by atomic mass is 10.1. The van der Waals surface area contributed by atoms with Crippen LogP contribution in [0.1, 0.15) is 271 Å². The molecule has 1 unspecified atom stereocenters. The van der Waals surface area contributed by atoms with Crippen LogP contribution in [0.3, 0.4) is 0 Å². The quantitative estimate of drug-likeness (QED) is 0.0199.